The minimum atomic E-state index is -0.431. The number of nitrogens with one attached hydrogen (secondary N) is 2. The Hall–Kier alpha value is -3.26. The van der Waals surface area contributed by atoms with Gasteiger partial charge in [-0.15, -0.1) is 0 Å². The average molecular weight is 363 g/mol. The first-order valence-electron chi connectivity index (χ1n) is 8.86. The van der Waals surface area contributed by atoms with Gasteiger partial charge in [-0.25, -0.2) is 0 Å². The van der Waals surface area contributed by atoms with Crippen LogP contribution in [0.2, 0.25) is 0 Å². The maximum absolute atomic E-state index is 12.5. The van der Waals surface area contributed by atoms with E-state index in [2.05, 4.69) is 24.5 Å². The van der Waals surface area contributed by atoms with Gasteiger partial charge in [-0.1, -0.05) is 44.2 Å². The van der Waals surface area contributed by atoms with E-state index in [1.165, 1.54) is 6.20 Å². The van der Waals surface area contributed by atoms with E-state index in [-0.39, 0.29) is 17.5 Å². The highest BCUT2D eigenvalue weighted by Crippen LogP contribution is 2.24. The first-order chi connectivity index (χ1) is 13.0. The fraction of sp³-hybridized carbons (Fsp3) is 0.273. The number of anilines is 1. The average Bonchev–Trinajstić information content (AvgIpc) is 2.68. The third-order valence-electron chi connectivity index (χ3n) is 4.29. The Kier molecular flexibility index (Phi) is 7.01. The predicted octanol–water partition coefficient (Wildman–Crippen LogP) is 4.52. The molecule has 0 aliphatic heterocycles. The summed E-state index contributed by atoms with van der Waals surface area (Å²) in [5, 5.41) is 15.3. The number of hydrogen-bond acceptors (Lipinski definition) is 4. The van der Waals surface area contributed by atoms with E-state index in [0.29, 0.717) is 0 Å². The van der Waals surface area contributed by atoms with Gasteiger partial charge >= 0.3 is 0 Å². The van der Waals surface area contributed by atoms with Crippen molar-refractivity contribution in [3.8, 4) is 11.8 Å². The summed E-state index contributed by atoms with van der Waals surface area (Å²) in [6.45, 7) is 6.08. The number of nitriles is 1. The van der Waals surface area contributed by atoms with Crippen LogP contribution in [0.4, 0.5) is 5.69 Å². The van der Waals surface area contributed by atoms with Gasteiger partial charge in [0.15, 0.2) is 0 Å². The Morgan fingerprint density at radius 1 is 1.11 bits per heavy atom. The van der Waals surface area contributed by atoms with E-state index in [1.54, 1.807) is 7.11 Å². The Morgan fingerprint density at radius 3 is 2.37 bits per heavy atom. The summed E-state index contributed by atoms with van der Waals surface area (Å²) in [7, 11) is 1.62. The minimum Gasteiger partial charge on any atom is -0.497 e. The summed E-state index contributed by atoms with van der Waals surface area (Å²) in [4.78, 5) is 12.5. The molecule has 0 saturated carbocycles. The number of hydrogen-bond donors (Lipinski definition) is 2. The summed E-state index contributed by atoms with van der Waals surface area (Å²) in [5.74, 6) is 0.617. The highest BCUT2D eigenvalue weighted by molar-refractivity contribution is 6.06. The summed E-state index contributed by atoms with van der Waals surface area (Å²) in [6.07, 6.45) is 1.46. The van der Waals surface area contributed by atoms with Crippen LogP contribution in [0.1, 0.15) is 43.9 Å². The molecular formula is C22H25N3O2. The number of carbonyl (C=O) groups excluding carboxylic acids is 1. The maximum atomic E-state index is 12.5. The first-order valence-corrected chi connectivity index (χ1v) is 8.86. The van der Waals surface area contributed by atoms with Crippen LogP contribution < -0.4 is 15.4 Å². The molecule has 1 amide bonds. The van der Waals surface area contributed by atoms with Crippen molar-refractivity contribution in [1.82, 2.24) is 5.32 Å². The van der Waals surface area contributed by atoms with Gasteiger partial charge in [-0.05, 0) is 42.2 Å². The monoisotopic (exact) mass is 363 g/mol. The highest BCUT2D eigenvalue weighted by atomic mass is 16.5. The minimum absolute atomic E-state index is 0.0221. The van der Waals surface area contributed by atoms with Crippen molar-refractivity contribution < 1.29 is 9.53 Å². The van der Waals surface area contributed by atoms with E-state index in [9.17, 15) is 10.1 Å². The summed E-state index contributed by atoms with van der Waals surface area (Å²) in [6, 6.07) is 17.1. The lowest BCUT2D eigenvalue weighted by Crippen LogP contribution is -2.19. The number of para-hydroxylation sites is 1. The number of ether oxygens (including phenoxy) is 1. The first kappa shape index (κ1) is 20.1. The molecule has 5 heteroatoms. The molecular weight excluding hydrogens is 338 g/mol. The zero-order chi connectivity index (χ0) is 19.8. The Bertz CT molecular complexity index is 849. The van der Waals surface area contributed by atoms with Gasteiger partial charge in [0.25, 0.3) is 5.91 Å². The lowest BCUT2D eigenvalue weighted by atomic mass is 10.0. The fourth-order valence-electron chi connectivity index (χ4n) is 2.65. The molecule has 0 aliphatic rings. The highest BCUT2D eigenvalue weighted by Gasteiger charge is 2.13. The number of amides is 1. The zero-order valence-corrected chi connectivity index (χ0v) is 16.1. The van der Waals surface area contributed by atoms with Crippen LogP contribution in [-0.4, -0.2) is 13.0 Å². The van der Waals surface area contributed by atoms with Gasteiger partial charge in [0.1, 0.15) is 17.4 Å². The smallest absolute Gasteiger partial charge is 0.267 e. The van der Waals surface area contributed by atoms with Crippen molar-refractivity contribution in [1.29, 1.82) is 5.26 Å². The van der Waals surface area contributed by atoms with E-state index < -0.39 is 5.91 Å². The Morgan fingerprint density at radius 2 is 1.78 bits per heavy atom. The van der Waals surface area contributed by atoms with E-state index in [0.717, 1.165) is 22.6 Å². The van der Waals surface area contributed by atoms with Gasteiger partial charge in [0, 0.05) is 17.9 Å². The van der Waals surface area contributed by atoms with Crippen molar-refractivity contribution in [3.63, 3.8) is 0 Å². The molecule has 1 atom stereocenters. The lowest BCUT2D eigenvalue weighted by Gasteiger charge is -2.15. The molecule has 0 bridgehead atoms. The normalized spacial score (nSPS) is 12.2. The molecule has 0 fully saturated rings. The van der Waals surface area contributed by atoms with Crippen molar-refractivity contribution in [3.05, 3.63) is 71.4 Å². The van der Waals surface area contributed by atoms with Gasteiger partial charge in [-0.3, -0.25) is 4.79 Å². The molecule has 0 aromatic heterocycles. The van der Waals surface area contributed by atoms with E-state index >= 15 is 0 Å². The van der Waals surface area contributed by atoms with Crippen LogP contribution in [0.25, 0.3) is 0 Å². The molecule has 2 aromatic rings. The molecule has 0 heterocycles. The second-order valence-corrected chi connectivity index (χ2v) is 6.53. The quantitative estimate of drug-likeness (QED) is 0.560. The largest absolute Gasteiger partial charge is 0.497 e. The molecule has 0 saturated heterocycles. The SMILES string of the molecule is COc1ccc(C(C)N/C=C(/C#N)C(=O)Nc2ccccc2C(C)C)cc1. The van der Waals surface area contributed by atoms with E-state index in [1.807, 2.05) is 61.5 Å². The maximum Gasteiger partial charge on any atom is 0.267 e. The predicted molar refractivity (Wildman–Crippen MR) is 107 cm³/mol. The van der Waals surface area contributed by atoms with Crippen LogP contribution in [0.15, 0.2) is 60.3 Å². The molecule has 140 valence electrons. The number of methoxy groups -OCH3 is 1. The number of benzene rings is 2. The van der Waals surface area contributed by atoms with Crippen LogP contribution in [0.5, 0.6) is 5.75 Å². The van der Waals surface area contributed by atoms with Crippen LogP contribution in [0, 0.1) is 11.3 Å². The second kappa shape index (κ2) is 9.44. The van der Waals surface area contributed by atoms with Crippen molar-refractivity contribution in [2.24, 2.45) is 0 Å². The standard InChI is InChI=1S/C22H25N3O2/c1-15(2)20-7-5-6-8-21(20)25-22(26)18(13-23)14-24-16(3)17-9-11-19(27-4)12-10-17/h5-12,14-16,24H,1-4H3,(H,25,26)/b18-14-. The fourth-order valence-corrected chi connectivity index (χ4v) is 2.65. The van der Waals surface area contributed by atoms with Gasteiger partial charge in [0.2, 0.25) is 0 Å². The van der Waals surface area contributed by atoms with Crippen LogP contribution >= 0.6 is 0 Å². The molecule has 5 nitrogen and oxygen atoms in total. The van der Waals surface area contributed by atoms with Crippen LogP contribution in [0.3, 0.4) is 0 Å². The summed E-state index contributed by atoms with van der Waals surface area (Å²) in [5.41, 5.74) is 2.80. The third kappa shape index (κ3) is 5.35. The molecule has 27 heavy (non-hydrogen) atoms. The van der Waals surface area contributed by atoms with Crippen LogP contribution in [-0.2, 0) is 4.79 Å². The number of nitrogens with zero attached hydrogens (tertiary/aromatic N) is 1. The van der Waals surface area contributed by atoms with Gasteiger partial charge in [0.05, 0.1) is 7.11 Å². The molecule has 0 aliphatic carbocycles. The van der Waals surface area contributed by atoms with Crippen molar-refractivity contribution in [2.75, 3.05) is 12.4 Å². The zero-order valence-electron chi connectivity index (χ0n) is 16.1. The third-order valence-corrected chi connectivity index (χ3v) is 4.29. The Balaban J connectivity index is 2.09. The molecule has 0 radical (unpaired) electrons. The molecule has 2 N–H and O–H groups in total. The summed E-state index contributed by atoms with van der Waals surface area (Å²) >= 11 is 0. The van der Waals surface area contributed by atoms with Crippen molar-refractivity contribution in [2.45, 2.75) is 32.7 Å². The Labute approximate surface area is 160 Å². The lowest BCUT2D eigenvalue weighted by molar-refractivity contribution is -0.112. The van der Waals surface area contributed by atoms with Gasteiger partial charge in [-0.2, -0.15) is 5.26 Å². The van der Waals surface area contributed by atoms with Crippen molar-refractivity contribution >= 4 is 11.6 Å². The topological polar surface area (TPSA) is 74.1 Å². The number of carbonyl (C=O) groups is 1. The van der Waals surface area contributed by atoms with E-state index in [4.69, 9.17) is 4.74 Å². The molecule has 1 unspecified atom stereocenters. The van der Waals surface area contributed by atoms with Gasteiger partial charge < -0.3 is 15.4 Å². The molecule has 2 aromatic carbocycles. The molecule has 0 spiro atoms. The second-order valence-electron chi connectivity index (χ2n) is 6.53. The summed E-state index contributed by atoms with van der Waals surface area (Å²) < 4.78 is 5.15. The molecule has 2 rings (SSSR count). The number of rotatable bonds is 7.